The maximum Gasteiger partial charge on any atom is 0.273 e. The predicted molar refractivity (Wildman–Crippen MR) is 83.4 cm³/mol. The molecule has 0 aliphatic rings. The lowest BCUT2D eigenvalue weighted by Gasteiger charge is -2.11. The van der Waals surface area contributed by atoms with E-state index < -0.39 is 11.8 Å². The maximum atomic E-state index is 12.0. The first-order valence-corrected chi connectivity index (χ1v) is 6.41. The molecule has 0 saturated carbocycles. The van der Waals surface area contributed by atoms with Crippen LogP contribution in [0.5, 0.6) is 11.5 Å². The quantitative estimate of drug-likeness (QED) is 0.181. The summed E-state index contributed by atoms with van der Waals surface area (Å²) in [5.74, 6) is 3.31. The second-order valence-electron chi connectivity index (χ2n) is 4.56. The highest BCUT2D eigenvalue weighted by molar-refractivity contribution is 6.00. The summed E-state index contributed by atoms with van der Waals surface area (Å²) in [7, 11) is 0. The minimum Gasteiger partial charge on any atom is -0.508 e. The molecular formula is C14H15N5O4. The number of hydrazine groups is 2. The number of nitrogens with one attached hydrogen (secondary N) is 3. The van der Waals surface area contributed by atoms with Gasteiger partial charge in [-0.25, -0.2) is 5.84 Å². The van der Waals surface area contributed by atoms with Gasteiger partial charge < -0.3 is 15.9 Å². The van der Waals surface area contributed by atoms with E-state index in [2.05, 4.69) is 10.9 Å². The molecule has 0 saturated heterocycles. The highest BCUT2D eigenvalue weighted by Crippen LogP contribution is 2.22. The van der Waals surface area contributed by atoms with Gasteiger partial charge in [0.1, 0.15) is 11.5 Å². The van der Waals surface area contributed by atoms with Gasteiger partial charge in [-0.2, -0.15) is 0 Å². The second-order valence-corrected chi connectivity index (χ2v) is 4.56. The van der Waals surface area contributed by atoms with Crippen molar-refractivity contribution >= 4 is 23.2 Å². The third-order valence-corrected chi connectivity index (χ3v) is 2.98. The van der Waals surface area contributed by atoms with Crippen LogP contribution in [0.15, 0.2) is 36.4 Å². The number of amides is 2. The van der Waals surface area contributed by atoms with Gasteiger partial charge in [-0.05, 0) is 30.3 Å². The number of carbonyl (C=O) groups is 2. The fourth-order valence-electron chi connectivity index (χ4n) is 1.82. The first-order chi connectivity index (χ1) is 10.9. The average Bonchev–Trinajstić information content (AvgIpc) is 2.53. The highest BCUT2D eigenvalue weighted by atomic mass is 16.3. The topological polar surface area (TPSA) is 163 Å². The van der Waals surface area contributed by atoms with Gasteiger partial charge in [0.25, 0.3) is 11.8 Å². The normalized spacial score (nSPS) is 9.96. The van der Waals surface area contributed by atoms with Crippen LogP contribution in [-0.2, 0) is 0 Å². The van der Waals surface area contributed by atoms with Gasteiger partial charge >= 0.3 is 0 Å². The summed E-state index contributed by atoms with van der Waals surface area (Å²) >= 11 is 0. The Hall–Kier alpha value is -3.46. The highest BCUT2D eigenvalue weighted by Gasteiger charge is 2.12. The molecule has 120 valence electrons. The monoisotopic (exact) mass is 317 g/mol. The summed E-state index contributed by atoms with van der Waals surface area (Å²) in [6.07, 6.45) is 0. The molecule has 0 aromatic heterocycles. The number of phenols is 2. The molecule has 9 nitrogen and oxygen atoms in total. The number of anilines is 2. The van der Waals surface area contributed by atoms with Gasteiger partial charge in [-0.1, -0.05) is 0 Å². The number of phenolic OH excluding ortho intramolecular Hbond substituents is 2. The number of hydrogen-bond donors (Lipinski definition) is 7. The zero-order valence-corrected chi connectivity index (χ0v) is 11.8. The largest absolute Gasteiger partial charge is 0.508 e. The molecule has 0 fully saturated rings. The Morgan fingerprint density at radius 3 is 2.35 bits per heavy atom. The number of carbonyl (C=O) groups excluding carboxylic acids is 2. The van der Waals surface area contributed by atoms with E-state index in [-0.39, 0.29) is 28.3 Å². The van der Waals surface area contributed by atoms with Crippen LogP contribution >= 0.6 is 0 Å². The zero-order valence-electron chi connectivity index (χ0n) is 11.8. The number of benzene rings is 2. The third-order valence-electron chi connectivity index (χ3n) is 2.98. The van der Waals surface area contributed by atoms with Gasteiger partial charge in [0, 0.05) is 11.8 Å². The molecule has 2 rings (SSSR count). The standard InChI is InChI=1S/C14H15N5O4/c15-11-4-1-7(5-10(11)13(22)17-16)18-19-14(23)9-3-2-8(20)6-12(9)21/h1-6,18,20-21H,15-16H2,(H,17,22)(H,19,23). The van der Waals surface area contributed by atoms with Crippen molar-refractivity contribution < 1.29 is 19.8 Å². The van der Waals surface area contributed by atoms with Crippen LogP contribution in [-0.4, -0.2) is 22.0 Å². The van der Waals surface area contributed by atoms with Crippen molar-refractivity contribution in [2.45, 2.75) is 0 Å². The van der Waals surface area contributed by atoms with E-state index in [1.165, 1.54) is 24.3 Å². The Balaban J connectivity index is 2.11. The van der Waals surface area contributed by atoms with Crippen LogP contribution in [0.2, 0.25) is 0 Å². The number of aromatic hydroxyl groups is 2. The summed E-state index contributed by atoms with van der Waals surface area (Å²) in [5, 5.41) is 18.8. The van der Waals surface area contributed by atoms with Crippen molar-refractivity contribution in [3.63, 3.8) is 0 Å². The number of nitrogens with two attached hydrogens (primary N) is 2. The summed E-state index contributed by atoms with van der Waals surface area (Å²) in [5.41, 5.74) is 13.3. The Labute approximate surface area is 130 Å². The second kappa shape index (κ2) is 6.54. The number of nitrogen functional groups attached to an aromatic ring is 2. The van der Waals surface area contributed by atoms with Crippen LogP contribution in [0.25, 0.3) is 0 Å². The Morgan fingerprint density at radius 2 is 1.70 bits per heavy atom. The Bertz CT molecular complexity index is 763. The summed E-state index contributed by atoms with van der Waals surface area (Å²) < 4.78 is 0. The van der Waals surface area contributed by atoms with Crippen LogP contribution in [0.1, 0.15) is 20.7 Å². The molecule has 23 heavy (non-hydrogen) atoms. The third kappa shape index (κ3) is 3.60. The predicted octanol–water partition coefficient (Wildman–Crippen LogP) is 0.0404. The fraction of sp³-hybridized carbons (Fsp3) is 0. The lowest BCUT2D eigenvalue weighted by Crippen LogP contribution is -2.31. The van der Waals surface area contributed by atoms with Crippen LogP contribution in [0, 0.1) is 0 Å². The smallest absolute Gasteiger partial charge is 0.273 e. The van der Waals surface area contributed by atoms with Gasteiger partial charge in [0.2, 0.25) is 0 Å². The van der Waals surface area contributed by atoms with E-state index in [0.717, 1.165) is 6.07 Å². The molecule has 0 aliphatic carbocycles. The molecule has 2 amide bonds. The first-order valence-electron chi connectivity index (χ1n) is 6.41. The molecule has 0 heterocycles. The molecule has 0 radical (unpaired) electrons. The lowest BCUT2D eigenvalue weighted by atomic mass is 10.1. The number of hydrogen-bond acceptors (Lipinski definition) is 7. The molecule has 2 aromatic carbocycles. The fourth-order valence-corrected chi connectivity index (χ4v) is 1.82. The molecule has 2 aromatic rings. The van der Waals surface area contributed by atoms with E-state index in [1.54, 1.807) is 6.07 Å². The summed E-state index contributed by atoms with van der Waals surface area (Å²) in [6, 6.07) is 7.98. The van der Waals surface area contributed by atoms with Crippen LogP contribution < -0.4 is 27.9 Å². The van der Waals surface area contributed by atoms with E-state index in [1.807, 2.05) is 5.43 Å². The molecule has 0 atom stereocenters. The summed E-state index contributed by atoms with van der Waals surface area (Å²) in [4.78, 5) is 23.5. The minimum absolute atomic E-state index is 0.0364. The average molecular weight is 317 g/mol. The molecule has 9 N–H and O–H groups in total. The molecule has 0 spiro atoms. The Morgan fingerprint density at radius 1 is 0.957 bits per heavy atom. The SMILES string of the molecule is NNC(=O)c1cc(NNC(=O)c2ccc(O)cc2O)ccc1N. The molecule has 0 bridgehead atoms. The molecule has 0 aliphatic heterocycles. The summed E-state index contributed by atoms with van der Waals surface area (Å²) in [6.45, 7) is 0. The van der Waals surface area contributed by atoms with Gasteiger partial charge in [-0.3, -0.25) is 25.9 Å². The van der Waals surface area contributed by atoms with Crippen LogP contribution in [0.3, 0.4) is 0 Å². The zero-order chi connectivity index (χ0) is 17.0. The minimum atomic E-state index is -0.635. The lowest BCUT2D eigenvalue weighted by molar-refractivity contribution is 0.0950. The van der Waals surface area contributed by atoms with Gasteiger partial charge in [-0.15, -0.1) is 0 Å². The molecule has 0 unspecified atom stereocenters. The molecule has 9 heteroatoms. The van der Waals surface area contributed by atoms with Crippen molar-refractivity contribution in [2.75, 3.05) is 11.2 Å². The van der Waals surface area contributed by atoms with Crippen molar-refractivity contribution in [3.8, 4) is 11.5 Å². The maximum absolute atomic E-state index is 12.0. The van der Waals surface area contributed by atoms with Crippen molar-refractivity contribution in [1.82, 2.24) is 10.9 Å². The van der Waals surface area contributed by atoms with Gasteiger partial charge in [0.05, 0.1) is 16.8 Å². The van der Waals surface area contributed by atoms with E-state index in [0.29, 0.717) is 5.69 Å². The van der Waals surface area contributed by atoms with Crippen LogP contribution in [0.4, 0.5) is 11.4 Å². The number of rotatable bonds is 4. The first kappa shape index (κ1) is 15.9. The van der Waals surface area contributed by atoms with Crippen molar-refractivity contribution in [1.29, 1.82) is 0 Å². The van der Waals surface area contributed by atoms with E-state index >= 15 is 0 Å². The van der Waals surface area contributed by atoms with E-state index in [4.69, 9.17) is 11.6 Å². The van der Waals surface area contributed by atoms with Crippen molar-refractivity contribution in [3.05, 3.63) is 47.5 Å². The van der Waals surface area contributed by atoms with Crippen molar-refractivity contribution in [2.24, 2.45) is 5.84 Å². The van der Waals surface area contributed by atoms with E-state index in [9.17, 15) is 19.8 Å². The van der Waals surface area contributed by atoms with Gasteiger partial charge in [0.15, 0.2) is 0 Å². The molecular weight excluding hydrogens is 302 g/mol. The Kier molecular flexibility index (Phi) is 4.52.